The molecule has 0 heterocycles. The Morgan fingerprint density at radius 3 is 2.56 bits per heavy atom. The predicted molar refractivity (Wildman–Crippen MR) is 34.2 cm³/mol. The van der Waals surface area contributed by atoms with Gasteiger partial charge >= 0.3 is 0 Å². The van der Waals surface area contributed by atoms with Gasteiger partial charge in [-0.15, -0.1) is 0 Å². The van der Waals surface area contributed by atoms with Gasteiger partial charge in [0.05, 0.1) is 0 Å². The van der Waals surface area contributed by atoms with E-state index in [0.717, 1.165) is 0 Å². The minimum Gasteiger partial charge on any atom is -0.289 e. The summed E-state index contributed by atoms with van der Waals surface area (Å²) in [5, 5.41) is 0. The quantitative estimate of drug-likeness (QED) is 0.188. The van der Waals surface area contributed by atoms with Crippen LogP contribution in [0.25, 0.3) is 0 Å². The highest BCUT2D eigenvalue weighted by Crippen LogP contribution is 1.77. The Morgan fingerprint density at radius 1 is 1.33 bits per heavy atom. The van der Waals surface area contributed by atoms with E-state index < -0.39 is 0 Å². The molecule has 0 rings (SSSR count). The summed E-state index contributed by atoms with van der Waals surface area (Å²) in [7, 11) is 0. The Balaban J connectivity index is 3.30. The predicted octanol–water partition coefficient (Wildman–Crippen LogP) is 1.92. The fraction of sp³-hybridized carbons (Fsp3) is 0.143. The highest BCUT2D eigenvalue weighted by Gasteiger charge is 1.64. The van der Waals surface area contributed by atoms with Gasteiger partial charge in [0, 0.05) is 0 Å². The first-order chi connectivity index (χ1) is 4.41. The van der Waals surface area contributed by atoms with Gasteiger partial charge in [-0.25, -0.2) is 0 Å². The monoisotopic (exact) mass is 124 g/mol. The van der Waals surface area contributed by atoms with Crippen LogP contribution in [0.2, 0.25) is 0 Å². The van der Waals surface area contributed by atoms with Crippen molar-refractivity contribution in [2.75, 3.05) is 0 Å². The Morgan fingerprint density at radius 2 is 2.00 bits per heavy atom. The zero-order valence-corrected chi connectivity index (χ0v) is 5.26. The van der Waals surface area contributed by atoms with E-state index in [2.05, 4.69) is 27.8 Å². The standard InChI is InChI=1S/C7H8O2/c1-3-5-7-9-8-6-4-2/h3,6-7H,2H2,1H3. The normalized spacial score (nSPS) is 5.89. The van der Waals surface area contributed by atoms with Crippen LogP contribution in [0, 0.1) is 0 Å². The number of rotatable bonds is 3. The van der Waals surface area contributed by atoms with Gasteiger partial charge in [-0.3, -0.25) is 9.78 Å². The molecule has 9 heavy (non-hydrogen) atoms. The molecule has 0 amide bonds. The van der Waals surface area contributed by atoms with Crippen LogP contribution in [0.5, 0.6) is 0 Å². The van der Waals surface area contributed by atoms with Crippen LogP contribution in [0.3, 0.4) is 0 Å². The molecule has 0 aliphatic rings. The molecule has 0 spiro atoms. The van der Waals surface area contributed by atoms with Crippen molar-refractivity contribution in [3.8, 4) is 0 Å². The van der Waals surface area contributed by atoms with E-state index >= 15 is 0 Å². The SMILES string of the molecule is C=C=COOC=C=CC. The number of hydrogen-bond donors (Lipinski definition) is 0. The molecule has 0 aromatic carbocycles. The first-order valence-electron chi connectivity index (χ1n) is 2.44. The van der Waals surface area contributed by atoms with Gasteiger partial charge in [-0.1, -0.05) is 18.0 Å². The Labute approximate surface area is 54.3 Å². The van der Waals surface area contributed by atoms with Crippen LogP contribution in [-0.2, 0) is 9.78 Å². The van der Waals surface area contributed by atoms with Crippen molar-refractivity contribution in [2.45, 2.75) is 6.92 Å². The lowest BCUT2D eigenvalue weighted by atomic mass is 10.7. The lowest BCUT2D eigenvalue weighted by molar-refractivity contribution is -0.195. The van der Waals surface area contributed by atoms with E-state index in [4.69, 9.17) is 0 Å². The minimum absolute atomic E-state index is 1.20. The van der Waals surface area contributed by atoms with Gasteiger partial charge in [0.2, 0.25) is 0 Å². The lowest BCUT2D eigenvalue weighted by Gasteiger charge is -1.87. The molecular formula is C7H8O2. The fourth-order valence-corrected chi connectivity index (χ4v) is 0.185. The summed E-state index contributed by atoms with van der Waals surface area (Å²) in [4.78, 5) is 8.74. The summed E-state index contributed by atoms with van der Waals surface area (Å²) in [6.45, 7) is 5.07. The van der Waals surface area contributed by atoms with Crippen LogP contribution in [0.1, 0.15) is 6.92 Å². The molecule has 0 aromatic heterocycles. The Bertz CT molecular complexity index is 158. The van der Waals surface area contributed by atoms with E-state index in [0.29, 0.717) is 0 Å². The second-order valence-corrected chi connectivity index (χ2v) is 1.09. The molecule has 0 N–H and O–H groups in total. The third-order valence-electron chi connectivity index (χ3n) is 0.470. The summed E-state index contributed by atoms with van der Waals surface area (Å²) in [5.41, 5.74) is 5.01. The fourth-order valence-electron chi connectivity index (χ4n) is 0.185. The molecule has 0 bridgehead atoms. The van der Waals surface area contributed by atoms with Crippen molar-refractivity contribution in [1.29, 1.82) is 0 Å². The van der Waals surface area contributed by atoms with E-state index in [9.17, 15) is 0 Å². The second-order valence-electron chi connectivity index (χ2n) is 1.09. The van der Waals surface area contributed by atoms with E-state index in [1.54, 1.807) is 6.08 Å². The molecule has 0 aliphatic heterocycles. The van der Waals surface area contributed by atoms with E-state index in [-0.39, 0.29) is 0 Å². The lowest BCUT2D eigenvalue weighted by Crippen LogP contribution is -1.71. The minimum atomic E-state index is 1.20. The zero-order chi connectivity index (χ0) is 6.95. The molecule has 0 aromatic rings. The molecule has 2 heteroatoms. The molecule has 0 saturated carbocycles. The summed E-state index contributed by atoms with van der Waals surface area (Å²) in [5.74, 6) is 0. The van der Waals surface area contributed by atoms with Crippen LogP contribution >= 0.6 is 0 Å². The number of hydrogen-bond acceptors (Lipinski definition) is 2. The topological polar surface area (TPSA) is 18.5 Å². The van der Waals surface area contributed by atoms with Crippen LogP contribution in [-0.4, -0.2) is 0 Å². The molecule has 0 fully saturated rings. The van der Waals surface area contributed by atoms with Crippen molar-refractivity contribution >= 4 is 0 Å². The molecule has 0 saturated heterocycles. The molecule has 48 valence electrons. The smallest absolute Gasteiger partial charge is 0.184 e. The zero-order valence-electron chi connectivity index (χ0n) is 5.26. The molecular weight excluding hydrogens is 116 g/mol. The van der Waals surface area contributed by atoms with Gasteiger partial charge < -0.3 is 0 Å². The van der Waals surface area contributed by atoms with Crippen LogP contribution < -0.4 is 0 Å². The largest absolute Gasteiger partial charge is 0.289 e. The average molecular weight is 124 g/mol. The summed E-state index contributed by atoms with van der Waals surface area (Å²) in [6, 6.07) is 0. The molecule has 0 atom stereocenters. The molecule has 2 nitrogen and oxygen atoms in total. The summed E-state index contributed by atoms with van der Waals surface area (Å²) >= 11 is 0. The van der Waals surface area contributed by atoms with Crippen molar-refractivity contribution in [3.63, 3.8) is 0 Å². The maximum absolute atomic E-state index is 4.39. The van der Waals surface area contributed by atoms with Crippen LogP contribution in [0.15, 0.2) is 36.6 Å². The third kappa shape index (κ3) is 6.64. The summed E-state index contributed by atoms with van der Waals surface area (Å²) < 4.78 is 0. The van der Waals surface area contributed by atoms with Crippen molar-refractivity contribution in [2.24, 2.45) is 0 Å². The van der Waals surface area contributed by atoms with Crippen LogP contribution in [0.4, 0.5) is 0 Å². The Hall–Kier alpha value is -1.36. The molecule has 0 aliphatic carbocycles. The Kier molecular flexibility index (Phi) is 5.64. The van der Waals surface area contributed by atoms with Gasteiger partial charge in [0.25, 0.3) is 0 Å². The van der Waals surface area contributed by atoms with Crippen molar-refractivity contribution in [3.05, 3.63) is 36.6 Å². The maximum atomic E-state index is 4.39. The maximum Gasteiger partial charge on any atom is 0.184 e. The second kappa shape index (κ2) is 6.64. The highest BCUT2D eigenvalue weighted by atomic mass is 17.2. The van der Waals surface area contributed by atoms with Gasteiger partial charge in [0.15, 0.2) is 12.5 Å². The molecule has 0 radical (unpaired) electrons. The first kappa shape index (κ1) is 7.64. The number of allylic oxidation sites excluding steroid dienone is 1. The average Bonchev–Trinajstić information content (AvgIpc) is 1.89. The van der Waals surface area contributed by atoms with E-state index in [1.165, 1.54) is 12.5 Å². The summed E-state index contributed by atoms with van der Waals surface area (Å²) in [6.07, 6.45) is 4.18. The van der Waals surface area contributed by atoms with Gasteiger partial charge in [-0.05, 0) is 13.0 Å². The molecule has 0 unspecified atom stereocenters. The van der Waals surface area contributed by atoms with Crippen molar-refractivity contribution < 1.29 is 9.78 Å². The third-order valence-corrected chi connectivity index (χ3v) is 0.470. The van der Waals surface area contributed by atoms with Crippen molar-refractivity contribution in [1.82, 2.24) is 0 Å². The highest BCUT2D eigenvalue weighted by molar-refractivity contribution is 4.73. The van der Waals surface area contributed by atoms with Gasteiger partial charge in [0.1, 0.15) is 0 Å². The van der Waals surface area contributed by atoms with E-state index in [1.807, 2.05) is 6.92 Å². The van der Waals surface area contributed by atoms with Gasteiger partial charge in [-0.2, -0.15) is 0 Å². The first-order valence-corrected chi connectivity index (χ1v) is 2.44.